The number of rotatable bonds is 2. The summed E-state index contributed by atoms with van der Waals surface area (Å²) in [6.07, 6.45) is -0.216. The predicted molar refractivity (Wildman–Crippen MR) is 99.4 cm³/mol. The number of carbonyl (C=O) groups excluding carboxylic acids is 1. The van der Waals surface area contributed by atoms with Crippen LogP contribution in [0.5, 0.6) is 0 Å². The van der Waals surface area contributed by atoms with Crippen LogP contribution >= 0.6 is 22.9 Å². The van der Waals surface area contributed by atoms with Crippen LogP contribution in [-0.2, 0) is 6.18 Å². The van der Waals surface area contributed by atoms with E-state index in [1.807, 2.05) is 0 Å². The van der Waals surface area contributed by atoms with E-state index in [2.05, 4.69) is 10.2 Å². The minimum atomic E-state index is -4.55. The predicted octanol–water partition coefficient (Wildman–Crippen LogP) is 4.93. The molecule has 2 aromatic rings. The van der Waals surface area contributed by atoms with Crippen LogP contribution in [0.25, 0.3) is 10.1 Å². The van der Waals surface area contributed by atoms with E-state index in [0.717, 1.165) is 50.1 Å². The third-order valence-electron chi connectivity index (χ3n) is 6.41. The molecule has 1 amide bonds. The minimum absolute atomic E-state index is 0.0233. The lowest BCUT2D eigenvalue weighted by atomic mass is 9.77. The highest BCUT2D eigenvalue weighted by molar-refractivity contribution is 7.21. The van der Waals surface area contributed by atoms with Gasteiger partial charge in [0.25, 0.3) is 5.91 Å². The van der Waals surface area contributed by atoms with Gasteiger partial charge in [0.1, 0.15) is 0 Å². The first-order chi connectivity index (χ1) is 12.8. The summed E-state index contributed by atoms with van der Waals surface area (Å²) in [7, 11) is 0. The van der Waals surface area contributed by atoms with Crippen molar-refractivity contribution in [2.75, 3.05) is 13.1 Å². The largest absolute Gasteiger partial charge is 0.419 e. The van der Waals surface area contributed by atoms with Gasteiger partial charge in [0.15, 0.2) is 0 Å². The molecular weight excluding hydrogens is 397 g/mol. The summed E-state index contributed by atoms with van der Waals surface area (Å²) in [5.41, 5.74) is -0.763. The fraction of sp³-hybridized carbons (Fsp3) is 0.526. The van der Waals surface area contributed by atoms with Gasteiger partial charge in [0.2, 0.25) is 0 Å². The van der Waals surface area contributed by atoms with E-state index in [1.54, 1.807) is 6.07 Å². The second-order valence-electron chi connectivity index (χ2n) is 7.83. The van der Waals surface area contributed by atoms with E-state index in [1.165, 1.54) is 12.1 Å². The Kier molecular flexibility index (Phi) is 3.85. The number of hydrogen-bond donors (Lipinski definition) is 1. The molecule has 1 unspecified atom stereocenters. The molecule has 3 aliphatic heterocycles. The third-order valence-corrected chi connectivity index (χ3v) is 7.89. The maximum Gasteiger partial charge on any atom is 0.419 e. The van der Waals surface area contributed by atoms with Gasteiger partial charge in [-0.2, -0.15) is 13.2 Å². The molecular formula is C19H18ClF3N2OS. The van der Waals surface area contributed by atoms with Gasteiger partial charge in [0.05, 0.1) is 21.5 Å². The van der Waals surface area contributed by atoms with Crippen molar-refractivity contribution in [1.29, 1.82) is 0 Å². The molecule has 8 heteroatoms. The topological polar surface area (TPSA) is 32.3 Å². The van der Waals surface area contributed by atoms with Gasteiger partial charge in [-0.3, -0.25) is 9.69 Å². The van der Waals surface area contributed by atoms with Gasteiger partial charge >= 0.3 is 6.18 Å². The third kappa shape index (κ3) is 2.69. The molecule has 1 spiro atoms. The van der Waals surface area contributed by atoms with Crippen LogP contribution < -0.4 is 5.32 Å². The van der Waals surface area contributed by atoms with Crippen LogP contribution in [0.3, 0.4) is 0 Å². The van der Waals surface area contributed by atoms with Gasteiger partial charge in [-0.25, -0.2) is 0 Å². The first kappa shape index (κ1) is 17.8. The van der Waals surface area contributed by atoms with E-state index >= 15 is 0 Å². The van der Waals surface area contributed by atoms with Gasteiger partial charge in [-0.05, 0) is 62.2 Å². The molecule has 1 aromatic carbocycles. The summed E-state index contributed by atoms with van der Waals surface area (Å²) >= 11 is 6.67. The Hall–Kier alpha value is -1.31. The smallest absolute Gasteiger partial charge is 0.346 e. The highest BCUT2D eigenvalue weighted by Crippen LogP contribution is 2.54. The van der Waals surface area contributed by atoms with E-state index in [0.29, 0.717) is 16.2 Å². The number of benzene rings is 1. The summed E-state index contributed by atoms with van der Waals surface area (Å²) in [4.78, 5) is 15.7. The van der Waals surface area contributed by atoms with E-state index in [9.17, 15) is 18.0 Å². The number of hydrogen-bond acceptors (Lipinski definition) is 3. The molecule has 4 heterocycles. The number of thiophene rings is 1. The number of carbonyl (C=O) groups is 1. The molecule has 1 aromatic heterocycles. The van der Waals surface area contributed by atoms with Gasteiger partial charge in [-0.15, -0.1) is 11.3 Å². The second-order valence-corrected chi connectivity index (χ2v) is 9.29. The van der Waals surface area contributed by atoms with Crippen LogP contribution in [0.1, 0.15) is 40.9 Å². The van der Waals surface area contributed by atoms with Crippen molar-refractivity contribution in [3.8, 4) is 0 Å². The normalized spacial score (nSPS) is 28.7. The van der Waals surface area contributed by atoms with Gasteiger partial charge in [-0.1, -0.05) is 17.7 Å². The zero-order chi connectivity index (χ0) is 19.0. The molecule has 27 heavy (non-hydrogen) atoms. The lowest BCUT2D eigenvalue weighted by Crippen LogP contribution is -2.65. The van der Waals surface area contributed by atoms with Crippen LogP contribution in [0.15, 0.2) is 18.2 Å². The number of halogens is 4. The Balaban J connectivity index is 1.47. The molecule has 4 fully saturated rings. The standard InChI is InChI=1S/C19H18ClF3N2OS/c20-12-2-1-11-9-13(27-15(11)14(12)19(21,22)23)17(26)24-16-10-3-7-25(8-4-10)18(16)5-6-18/h1-2,9-10,16H,3-8H2,(H,24,26). The lowest BCUT2D eigenvalue weighted by Gasteiger charge is -2.52. The lowest BCUT2D eigenvalue weighted by molar-refractivity contribution is -0.136. The molecule has 2 bridgehead atoms. The summed E-state index contributed by atoms with van der Waals surface area (Å²) in [6, 6.07) is 4.43. The molecule has 1 aliphatic carbocycles. The second kappa shape index (κ2) is 5.84. The Morgan fingerprint density at radius 1 is 1.26 bits per heavy atom. The first-order valence-electron chi connectivity index (χ1n) is 9.15. The summed E-state index contributed by atoms with van der Waals surface area (Å²) in [5.74, 6) is 0.196. The molecule has 1 atom stereocenters. The zero-order valence-corrected chi connectivity index (χ0v) is 16.0. The van der Waals surface area contributed by atoms with Crippen molar-refractivity contribution < 1.29 is 18.0 Å². The van der Waals surface area contributed by atoms with Crippen LogP contribution in [-0.4, -0.2) is 35.5 Å². The number of amides is 1. The maximum atomic E-state index is 13.4. The molecule has 3 nitrogen and oxygen atoms in total. The number of nitrogens with zero attached hydrogens (tertiary/aromatic N) is 1. The van der Waals surface area contributed by atoms with Crippen molar-refractivity contribution >= 4 is 38.9 Å². The molecule has 6 rings (SSSR count). The SMILES string of the molecule is O=C(NC1C2CCN(CC2)C12CC2)c1cc2ccc(Cl)c(C(F)(F)F)c2s1. The number of nitrogens with one attached hydrogen (secondary N) is 1. The molecule has 4 aliphatic rings. The maximum absolute atomic E-state index is 13.4. The first-order valence-corrected chi connectivity index (χ1v) is 10.3. The van der Waals surface area contributed by atoms with Crippen LogP contribution in [0.2, 0.25) is 5.02 Å². The van der Waals surface area contributed by atoms with Crippen molar-refractivity contribution in [3.63, 3.8) is 0 Å². The van der Waals surface area contributed by atoms with E-state index in [4.69, 9.17) is 11.6 Å². The van der Waals surface area contributed by atoms with Gasteiger partial charge < -0.3 is 5.32 Å². The van der Waals surface area contributed by atoms with E-state index < -0.39 is 11.7 Å². The fourth-order valence-corrected chi connectivity index (χ4v) is 6.44. The highest BCUT2D eigenvalue weighted by Gasteiger charge is 2.60. The highest BCUT2D eigenvalue weighted by atomic mass is 35.5. The van der Waals surface area contributed by atoms with Crippen LogP contribution in [0.4, 0.5) is 13.2 Å². The number of alkyl halides is 3. The molecule has 1 saturated carbocycles. The molecule has 144 valence electrons. The number of fused-ring (bicyclic) bond motifs is 3. The number of piperidine rings is 3. The van der Waals surface area contributed by atoms with E-state index in [-0.39, 0.29) is 27.2 Å². The monoisotopic (exact) mass is 414 g/mol. The Bertz CT molecular complexity index is 929. The Labute approximate surface area is 163 Å². The Morgan fingerprint density at radius 2 is 1.96 bits per heavy atom. The van der Waals surface area contributed by atoms with Crippen molar-refractivity contribution in [1.82, 2.24) is 10.2 Å². The average Bonchev–Trinajstić information content (AvgIpc) is 3.27. The fourth-order valence-electron chi connectivity index (χ4n) is 4.99. The molecule has 0 radical (unpaired) electrons. The van der Waals surface area contributed by atoms with Crippen LogP contribution in [0, 0.1) is 5.92 Å². The van der Waals surface area contributed by atoms with Crippen molar-refractivity contribution in [3.05, 3.63) is 33.7 Å². The summed E-state index contributed by atoms with van der Waals surface area (Å²) < 4.78 is 40.2. The van der Waals surface area contributed by atoms with Crippen molar-refractivity contribution in [2.45, 2.75) is 43.4 Å². The Morgan fingerprint density at radius 3 is 2.59 bits per heavy atom. The zero-order valence-electron chi connectivity index (χ0n) is 14.4. The summed E-state index contributed by atoms with van der Waals surface area (Å²) in [6.45, 7) is 2.18. The van der Waals surface area contributed by atoms with Crippen molar-refractivity contribution in [2.24, 2.45) is 5.92 Å². The molecule has 1 N–H and O–H groups in total. The summed E-state index contributed by atoms with van der Waals surface area (Å²) in [5, 5.41) is 3.23. The quantitative estimate of drug-likeness (QED) is 0.755. The average molecular weight is 415 g/mol. The van der Waals surface area contributed by atoms with Gasteiger partial charge in [0, 0.05) is 10.2 Å². The molecule has 3 saturated heterocycles. The minimum Gasteiger partial charge on any atom is -0.346 e.